The van der Waals surface area contributed by atoms with Gasteiger partial charge in [0.2, 0.25) is 0 Å². The minimum absolute atomic E-state index is 0.405. The highest BCUT2D eigenvalue weighted by atomic mass is 32.1. The van der Waals surface area contributed by atoms with Crippen molar-refractivity contribution in [1.82, 2.24) is 9.78 Å². The molecule has 0 saturated heterocycles. The van der Waals surface area contributed by atoms with E-state index in [1.807, 2.05) is 16.9 Å². The van der Waals surface area contributed by atoms with E-state index >= 15 is 0 Å². The summed E-state index contributed by atoms with van der Waals surface area (Å²) in [5, 5.41) is 8.13. The Kier molecular flexibility index (Phi) is 3.83. The molecule has 0 aliphatic heterocycles. The van der Waals surface area contributed by atoms with E-state index in [9.17, 15) is 4.79 Å². The zero-order chi connectivity index (χ0) is 13.0. The van der Waals surface area contributed by atoms with Gasteiger partial charge in [-0.2, -0.15) is 5.10 Å². The topological polar surface area (TPSA) is 82.2 Å². The van der Waals surface area contributed by atoms with Gasteiger partial charge in [-0.25, -0.2) is 4.79 Å². The molecule has 0 aromatic carbocycles. The molecule has 6 nitrogen and oxygen atoms in total. The fourth-order valence-corrected chi connectivity index (χ4v) is 2.39. The first kappa shape index (κ1) is 12.4. The molecule has 2 aromatic heterocycles. The number of nitrogens with two attached hydrogens (primary N) is 1. The van der Waals surface area contributed by atoms with E-state index in [1.54, 1.807) is 12.3 Å². The second kappa shape index (κ2) is 5.54. The Morgan fingerprint density at radius 2 is 2.50 bits per heavy atom. The van der Waals surface area contributed by atoms with E-state index in [-0.39, 0.29) is 0 Å². The maximum atomic E-state index is 11.4. The van der Waals surface area contributed by atoms with Gasteiger partial charge in [0, 0.05) is 18.9 Å². The summed E-state index contributed by atoms with van der Waals surface area (Å²) in [5.74, 6) is -0.405. The monoisotopic (exact) mass is 266 g/mol. The lowest BCUT2D eigenvalue weighted by Gasteiger charge is -2.03. The smallest absolute Gasteiger partial charge is 0.350 e. The second-order valence-electron chi connectivity index (χ2n) is 3.58. The zero-order valence-electron chi connectivity index (χ0n) is 9.92. The molecule has 0 radical (unpaired) electrons. The largest absolute Gasteiger partial charge is 0.465 e. The molecule has 0 atom stereocenters. The lowest BCUT2D eigenvalue weighted by Crippen LogP contribution is -2.09. The van der Waals surface area contributed by atoms with Gasteiger partial charge < -0.3 is 15.8 Å². The highest BCUT2D eigenvalue weighted by molar-refractivity contribution is 7.18. The van der Waals surface area contributed by atoms with Crippen LogP contribution < -0.4 is 11.1 Å². The summed E-state index contributed by atoms with van der Waals surface area (Å²) in [4.78, 5) is 11.8. The number of hydrogen-bond donors (Lipinski definition) is 2. The molecule has 2 rings (SSSR count). The van der Waals surface area contributed by atoms with Crippen molar-refractivity contribution in [2.24, 2.45) is 0 Å². The van der Waals surface area contributed by atoms with Crippen LogP contribution in [0.1, 0.15) is 9.67 Å². The van der Waals surface area contributed by atoms with Crippen molar-refractivity contribution >= 4 is 28.0 Å². The van der Waals surface area contributed by atoms with Crippen molar-refractivity contribution in [3.63, 3.8) is 0 Å². The van der Waals surface area contributed by atoms with Crippen molar-refractivity contribution in [3.05, 3.63) is 29.4 Å². The summed E-state index contributed by atoms with van der Waals surface area (Å²) in [6.07, 6.45) is 3.63. The van der Waals surface area contributed by atoms with E-state index in [0.717, 1.165) is 11.5 Å². The number of methoxy groups -OCH3 is 1. The van der Waals surface area contributed by atoms with E-state index in [4.69, 9.17) is 5.73 Å². The minimum Gasteiger partial charge on any atom is -0.465 e. The Hall–Kier alpha value is -2.02. The van der Waals surface area contributed by atoms with Crippen molar-refractivity contribution in [3.8, 4) is 0 Å². The number of aromatic nitrogens is 2. The average molecular weight is 266 g/mol. The third kappa shape index (κ3) is 2.80. The summed E-state index contributed by atoms with van der Waals surface area (Å²) in [7, 11) is 1.34. The van der Waals surface area contributed by atoms with E-state index in [2.05, 4.69) is 15.2 Å². The highest BCUT2D eigenvalue weighted by Gasteiger charge is 2.14. The number of rotatable bonds is 5. The van der Waals surface area contributed by atoms with E-state index < -0.39 is 5.97 Å². The van der Waals surface area contributed by atoms with Crippen LogP contribution in [0.4, 0.5) is 10.7 Å². The summed E-state index contributed by atoms with van der Waals surface area (Å²) >= 11 is 1.29. The molecule has 0 aliphatic rings. The number of anilines is 2. The molecule has 0 saturated carbocycles. The summed E-state index contributed by atoms with van der Waals surface area (Å²) in [5.41, 5.74) is 6.17. The SMILES string of the molecule is COC(=O)c1sc(NCCn2cccn2)cc1N. The van der Waals surface area contributed by atoms with Crippen LogP contribution >= 0.6 is 11.3 Å². The molecule has 0 aliphatic carbocycles. The van der Waals surface area contributed by atoms with Crippen LogP contribution in [0.3, 0.4) is 0 Å². The second-order valence-corrected chi connectivity index (χ2v) is 4.63. The molecule has 0 fully saturated rings. The Morgan fingerprint density at radius 3 is 3.17 bits per heavy atom. The number of thiophene rings is 1. The predicted octanol–water partition coefficient (Wildman–Crippen LogP) is 1.43. The number of nitrogen functional groups attached to an aromatic ring is 1. The number of esters is 1. The molecule has 0 amide bonds. The maximum absolute atomic E-state index is 11.4. The molecule has 7 heteroatoms. The Bertz CT molecular complexity index is 521. The number of carbonyl (C=O) groups excluding carboxylic acids is 1. The van der Waals surface area contributed by atoms with Crippen molar-refractivity contribution in [2.75, 3.05) is 24.7 Å². The van der Waals surface area contributed by atoms with Gasteiger partial charge in [-0.15, -0.1) is 11.3 Å². The van der Waals surface area contributed by atoms with E-state index in [0.29, 0.717) is 17.1 Å². The number of nitrogens with zero attached hydrogens (tertiary/aromatic N) is 2. The molecule has 2 heterocycles. The molecule has 0 unspecified atom stereocenters. The number of ether oxygens (including phenoxy) is 1. The standard InChI is InChI=1S/C11H14N4O2S/c1-17-11(16)10-8(12)7-9(18-10)13-4-6-15-5-2-3-14-15/h2-3,5,7,13H,4,6,12H2,1H3. The van der Waals surface area contributed by atoms with Gasteiger partial charge in [0.1, 0.15) is 4.88 Å². The van der Waals surface area contributed by atoms with Gasteiger partial charge in [-0.05, 0) is 12.1 Å². The van der Waals surface area contributed by atoms with Crippen LogP contribution in [0.5, 0.6) is 0 Å². The summed E-state index contributed by atoms with van der Waals surface area (Å²) in [6, 6.07) is 3.61. The Morgan fingerprint density at radius 1 is 1.67 bits per heavy atom. The summed E-state index contributed by atoms with van der Waals surface area (Å²) < 4.78 is 6.47. The zero-order valence-corrected chi connectivity index (χ0v) is 10.7. The predicted molar refractivity (Wildman–Crippen MR) is 70.8 cm³/mol. The lowest BCUT2D eigenvalue weighted by molar-refractivity contribution is 0.0607. The van der Waals surface area contributed by atoms with Crippen molar-refractivity contribution in [2.45, 2.75) is 6.54 Å². The number of hydrogen-bond acceptors (Lipinski definition) is 6. The first-order valence-electron chi connectivity index (χ1n) is 5.39. The average Bonchev–Trinajstić information content (AvgIpc) is 2.98. The Balaban J connectivity index is 1.92. The van der Waals surface area contributed by atoms with Gasteiger partial charge in [-0.1, -0.05) is 0 Å². The molecule has 2 aromatic rings. The van der Waals surface area contributed by atoms with Crippen LogP contribution in [-0.2, 0) is 11.3 Å². The molecule has 0 spiro atoms. The minimum atomic E-state index is -0.405. The molecular weight excluding hydrogens is 252 g/mol. The first-order valence-corrected chi connectivity index (χ1v) is 6.21. The molecule has 3 N–H and O–H groups in total. The third-order valence-corrected chi connectivity index (χ3v) is 3.42. The fourth-order valence-electron chi connectivity index (χ4n) is 1.47. The molecule has 96 valence electrons. The lowest BCUT2D eigenvalue weighted by atomic mass is 10.4. The first-order chi connectivity index (χ1) is 8.70. The molecule has 18 heavy (non-hydrogen) atoms. The van der Waals surface area contributed by atoms with Gasteiger partial charge in [-0.3, -0.25) is 4.68 Å². The third-order valence-electron chi connectivity index (χ3n) is 2.33. The molecular formula is C11H14N4O2S. The van der Waals surface area contributed by atoms with Crippen molar-refractivity contribution in [1.29, 1.82) is 0 Å². The van der Waals surface area contributed by atoms with Crippen LogP contribution in [0.25, 0.3) is 0 Å². The van der Waals surface area contributed by atoms with Crippen LogP contribution in [-0.4, -0.2) is 29.4 Å². The normalized spacial score (nSPS) is 10.3. The maximum Gasteiger partial charge on any atom is 0.350 e. The van der Waals surface area contributed by atoms with Crippen LogP contribution in [0, 0.1) is 0 Å². The quantitative estimate of drug-likeness (QED) is 0.800. The highest BCUT2D eigenvalue weighted by Crippen LogP contribution is 2.29. The van der Waals surface area contributed by atoms with Gasteiger partial charge >= 0.3 is 5.97 Å². The van der Waals surface area contributed by atoms with E-state index in [1.165, 1.54) is 18.4 Å². The van der Waals surface area contributed by atoms with Crippen LogP contribution in [0.15, 0.2) is 24.5 Å². The van der Waals surface area contributed by atoms with Crippen molar-refractivity contribution < 1.29 is 9.53 Å². The van der Waals surface area contributed by atoms with Gasteiger partial charge in [0.15, 0.2) is 0 Å². The van der Waals surface area contributed by atoms with Gasteiger partial charge in [0.05, 0.1) is 24.3 Å². The van der Waals surface area contributed by atoms with Crippen LogP contribution in [0.2, 0.25) is 0 Å². The number of carbonyl (C=O) groups is 1. The molecule has 0 bridgehead atoms. The summed E-state index contributed by atoms with van der Waals surface area (Å²) in [6.45, 7) is 1.46. The fraction of sp³-hybridized carbons (Fsp3) is 0.273. The number of nitrogens with one attached hydrogen (secondary N) is 1. The Labute approximate surface area is 108 Å². The van der Waals surface area contributed by atoms with Gasteiger partial charge in [0.25, 0.3) is 0 Å².